The van der Waals surface area contributed by atoms with Gasteiger partial charge in [0.15, 0.2) is 5.78 Å². The standard InChI is InChI=1S/C19H13NO4/c1-20-13-9-5-8-12-14(13)15(16(18(20)22)19(23)24-2)10-6-3-4-7-11(10)17(12)21/h3-9H,1-2H3. The number of rotatable bonds is 1. The van der Waals surface area contributed by atoms with Gasteiger partial charge in [0.25, 0.3) is 5.56 Å². The second kappa shape index (κ2) is 4.89. The molecule has 0 spiro atoms. The van der Waals surface area contributed by atoms with Gasteiger partial charge in [0, 0.05) is 29.1 Å². The Bertz CT molecular complexity index is 1110. The highest BCUT2D eigenvalue weighted by Gasteiger charge is 2.31. The average molecular weight is 319 g/mol. The molecule has 0 aliphatic heterocycles. The van der Waals surface area contributed by atoms with Gasteiger partial charge in [-0.25, -0.2) is 4.79 Å². The first-order valence-corrected chi connectivity index (χ1v) is 7.44. The maximum Gasteiger partial charge on any atom is 0.344 e. The van der Waals surface area contributed by atoms with Crippen LogP contribution in [-0.2, 0) is 11.8 Å². The van der Waals surface area contributed by atoms with Crippen LogP contribution < -0.4 is 5.56 Å². The Hall–Kier alpha value is -3.21. The van der Waals surface area contributed by atoms with E-state index in [1.54, 1.807) is 49.5 Å². The van der Waals surface area contributed by atoms with Crippen LogP contribution in [0.3, 0.4) is 0 Å². The van der Waals surface area contributed by atoms with E-state index in [1.807, 2.05) is 0 Å². The first-order chi connectivity index (χ1) is 11.6. The van der Waals surface area contributed by atoms with E-state index in [0.29, 0.717) is 33.2 Å². The number of ketones is 1. The van der Waals surface area contributed by atoms with Gasteiger partial charge in [-0.15, -0.1) is 0 Å². The fraction of sp³-hybridized carbons (Fsp3) is 0.105. The molecule has 0 radical (unpaired) electrons. The lowest BCUT2D eigenvalue weighted by molar-refractivity contribution is 0.0599. The number of benzene rings is 2. The Balaban J connectivity index is 2.35. The molecule has 3 aromatic rings. The largest absolute Gasteiger partial charge is 0.465 e. The van der Waals surface area contributed by atoms with E-state index >= 15 is 0 Å². The fourth-order valence-corrected chi connectivity index (χ4v) is 3.39. The van der Waals surface area contributed by atoms with Crippen LogP contribution in [0.5, 0.6) is 0 Å². The van der Waals surface area contributed by atoms with E-state index in [-0.39, 0.29) is 11.3 Å². The van der Waals surface area contributed by atoms with Crippen LogP contribution in [0.25, 0.3) is 22.0 Å². The van der Waals surface area contributed by atoms with Crippen LogP contribution in [-0.4, -0.2) is 23.4 Å². The number of carbonyl (C=O) groups is 2. The van der Waals surface area contributed by atoms with Gasteiger partial charge >= 0.3 is 5.97 Å². The summed E-state index contributed by atoms with van der Waals surface area (Å²) in [6.07, 6.45) is 0. The number of hydrogen-bond acceptors (Lipinski definition) is 4. The molecule has 1 aliphatic carbocycles. The summed E-state index contributed by atoms with van der Waals surface area (Å²) in [6, 6.07) is 12.2. The number of aryl methyl sites for hydroxylation is 1. The van der Waals surface area contributed by atoms with Crippen molar-refractivity contribution in [3.8, 4) is 11.1 Å². The smallest absolute Gasteiger partial charge is 0.344 e. The van der Waals surface area contributed by atoms with Crippen LogP contribution in [0, 0.1) is 0 Å². The number of fused-ring (bicyclic) bond motifs is 2. The summed E-state index contributed by atoms with van der Waals surface area (Å²) in [4.78, 5) is 37.9. The molecular weight excluding hydrogens is 306 g/mol. The number of methoxy groups -OCH3 is 1. The number of ether oxygens (including phenoxy) is 1. The van der Waals surface area contributed by atoms with Crippen LogP contribution >= 0.6 is 0 Å². The molecule has 1 aliphatic rings. The third kappa shape index (κ3) is 1.66. The highest BCUT2D eigenvalue weighted by Crippen LogP contribution is 2.40. The molecule has 2 aromatic carbocycles. The molecule has 0 amide bonds. The topological polar surface area (TPSA) is 65.4 Å². The van der Waals surface area contributed by atoms with Crippen molar-refractivity contribution in [2.45, 2.75) is 0 Å². The third-order valence-corrected chi connectivity index (χ3v) is 4.50. The van der Waals surface area contributed by atoms with Gasteiger partial charge in [-0.05, 0) is 11.6 Å². The Kier molecular flexibility index (Phi) is 2.93. The monoisotopic (exact) mass is 319 g/mol. The van der Waals surface area contributed by atoms with Gasteiger partial charge < -0.3 is 9.30 Å². The minimum atomic E-state index is -0.702. The Morgan fingerprint density at radius 1 is 0.958 bits per heavy atom. The molecule has 0 bridgehead atoms. The molecule has 0 atom stereocenters. The quantitative estimate of drug-likeness (QED) is 0.506. The van der Waals surface area contributed by atoms with Gasteiger partial charge in [0.05, 0.1) is 12.6 Å². The van der Waals surface area contributed by atoms with Crippen molar-refractivity contribution in [1.29, 1.82) is 0 Å². The van der Waals surface area contributed by atoms with Crippen LogP contribution in [0.1, 0.15) is 26.3 Å². The summed E-state index contributed by atoms with van der Waals surface area (Å²) in [7, 11) is 2.83. The zero-order valence-electron chi connectivity index (χ0n) is 13.1. The number of esters is 1. The predicted octanol–water partition coefficient (Wildman–Crippen LogP) is 2.54. The number of pyridine rings is 1. The minimum absolute atomic E-state index is 0.0418. The van der Waals surface area contributed by atoms with Crippen molar-refractivity contribution in [1.82, 2.24) is 4.57 Å². The van der Waals surface area contributed by atoms with E-state index in [2.05, 4.69) is 0 Å². The molecule has 0 unspecified atom stereocenters. The van der Waals surface area contributed by atoms with Crippen molar-refractivity contribution in [2.75, 3.05) is 7.11 Å². The van der Waals surface area contributed by atoms with E-state index in [1.165, 1.54) is 11.7 Å². The average Bonchev–Trinajstić information content (AvgIpc) is 2.62. The van der Waals surface area contributed by atoms with E-state index in [9.17, 15) is 14.4 Å². The molecular formula is C19H13NO4. The van der Waals surface area contributed by atoms with Crippen molar-refractivity contribution in [3.05, 3.63) is 69.5 Å². The SMILES string of the molecule is COC(=O)c1c2c3c(cccc3n(C)c1=O)C(=O)c1ccccc1-2. The maximum atomic E-state index is 12.8. The summed E-state index contributed by atoms with van der Waals surface area (Å²) < 4.78 is 6.22. The maximum absolute atomic E-state index is 12.8. The number of nitrogens with zero attached hydrogens (tertiary/aromatic N) is 1. The Morgan fingerprint density at radius 3 is 2.33 bits per heavy atom. The lowest BCUT2D eigenvalue weighted by Crippen LogP contribution is -2.28. The van der Waals surface area contributed by atoms with Gasteiger partial charge in [0.1, 0.15) is 5.56 Å². The number of carbonyl (C=O) groups excluding carboxylic acids is 2. The van der Waals surface area contributed by atoms with Crippen molar-refractivity contribution < 1.29 is 14.3 Å². The van der Waals surface area contributed by atoms with E-state index < -0.39 is 11.5 Å². The summed E-state index contributed by atoms with van der Waals surface area (Å²) in [5, 5.41) is 0.615. The molecule has 5 heteroatoms. The van der Waals surface area contributed by atoms with Crippen molar-refractivity contribution >= 4 is 22.7 Å². The molecule has 24 heavy (non-hydrogen) atoms. The van der Waals surface area contributed by atoms with Crippen LogP contribution in [0.4, 0.5) is 0 Å². The van der Waals surface area contributed by atoms with E-state index in [0.717, 1.165) is 0 Å². The highest BCUT2D eigenvalue weighted by atomic mass is 16.5. The van der Waals surface area contributed by atoms with Gasteiger partial charge in [0.2, 0.25) is 0 Å². The molecule has 0 fully saturated rings. The van der Waals surface area contributed by atoms with Gasteiger partial charge in [-0.3, -0.25) is 9.59 Å². The number of hydrogen-bond donors (Lipinski definition) is 0. The Labute approximate surface area is 137 Å². The highest BCUT2D eigenvalue weighted by molar-refractivity contribution is 6.27. The first-order valence-electron chi connectivity index (χ1n) is 7.44. The van der Waals surface area contributed by atoms with Gasteiger partial charge in [-0.1, -0.05) is 36.4 Å². The zero-order chi connectivity index (χ0) is 17.0. The second-order valence-corrected chi connectivity index (χ2v) is 5.68. The summed E-state index contributed by atoms with van der Waals surface area (Å²) in [5.41, 5.74) is 2.17. The number of aromatic nitrogens is 1. The molecule has 4 rings (SSSR count). The molecule has 0 saturated carbocycles. The molecule has 0 saturated heterocycles. The van der Waals surface area contributed by atoms with Crippen molar-refractivity contribution in [3.63, 3.8) is 0 Å². The zero-order valence-corrected chi connectivity index (χ0v) is 13.1. The molecule has 1 aromatic heterocycles. The second-order valence-electron chi connectivity index (χ2n) is 5.68. The molecule has 5 nitrogen and oxygen atoms in total. The summed E-state index contributed by atoms with van der Waals surface area (Å²) in [6.45, 7) is 0. The molecule has 118 valence electrons. The van der Waals surface area contributed by atoms with Crippen molar-refractivity contribution in [2.24, 2.45) is 7.05 Å². The summed E-state index contributed by atoms with van der Waals surface area (Å²) in [5.74, 6) is -0.815. The minimum Gasteiger partial charge on any atom is -0.465 e. The van der Waals surface area contributed by atoms with Crippen LogP contribution in [0.15, 0.2) is 47.3 Å². The molecule has 1 heterocycles. The molecule has 0 N–H and O–H groups in total. The van der Waals surface area contributed by atoms with Gasteiger partial charge in [-0.2, -0.15) is 0 Å². The third-order valence-electron chi connectivity index (χ3n) is 4.50. The van der Waals surface area contributed by atoms with Crippen LogP contribution in [0.2, 0.25) is 0 Å². The fourth-order valence-electron chi connectivity index (χ4n) is 3.39. The lowest BCUT2D eigenvalue weighted by Gasteiger charge is -2.22. The van der Waals surface area contributed by atoms with E-state index in [4.69, 9.17) is 4.74 Å². The Morgan fingerprint density at radius 2 is 1.62 bits per heavy atom. The predicted molar refractivity (Wildman–Crippen MR) is 89.4 cm³/mol. The lowest BCUT2D eigenvalue weighted by atomic mass is 9.82. The normalized spacial score (nSPS) is 12.2. The summed E-state index contributed by atoms with van der Waals surface area (Å²) >= 11 is 0. The first kappa shape index (κ1) is 14.4.